The van der Waals surface area contributed by atoms with E-state index in [4.69, 9.17) is 18.5 Å². The quantitative estimate of drug-likeness (QED) is 0.146. The van der Waals surface area contributed by atoms with E-state index >= 15 is 0 Å². The molecule has 25 heavy (non-hydrogen) atoms. The fourth-order valence-corrected chi connectivity index (χ4v) is 3.01. The zero-order valence-corrected chi connectivity index (χ0v) is 16.3. The fraction of sp³-hybridized carbons (Fsp3) is 0.647. The maximum Gasteiger partial charge on any atom is 0.336 e. The van der Waals surface area contributed by atoms with Gasteiger partial charge in [-0.05, 0) is 20.3 Å². The number of unbranched alkanes of at least 4 members (excludes halogenated alkanes) is 4. The molecule has 0 N–H and O–H groups in total. The lowest BCUT2D eigenvalue weighted by Gasteiger charge is -2.18. The summed E-state index contributed by atoms with van der Waals surface area (Å²) in [6.45, 7) is 10.9. The van der Waals surface area contributed by atoms with Crippen LogP contribution in [0, 0.1) is 0 Å². The second-order valence-corrected chi connectivity index (χ2v) is 7.85. The van der Waals surface area contributed by atoms with Crippen molar-refractivity contribution in [2.24, 2.45) is 0 Å². The van der Waals surface area contributed by atoms with Crippen molar-refractivity contribution < 1.29 is 32.7 Å². The van der Waals surface area contributed by atoms with Crippen LogP contribution in [-0.2, 0) is 32.7 Å². The third-order valence-corrected chi connectivity index (χ3v) is 4.97. The van der Waals surface area contributed by atoms with Crippen molar-refractivity contribution in [1.82, 2.24) is 0 Å². The lowest BCUT2D eigenvalue weighted by atomic mass is 10.2. The topological polar surface area (TPSA) is 88.1 Å². The first-order chi connectivity index (χ1) is 11.7. The molecule has 0 aromatic heterocycles. The van der Waals surface area contributed by atoms with Crippen molar-refractivity contribution in [3.05, 3.63) is 24.3 Å². The third-order valence-electron chi connectivity index (χ3n) is 3.11. The third kappa shape index (κ3) is 11.7. The first-order valence-corrected chi connectivity index (χ1v) is 9.98. The van der Waals surface area contributed by atoms with Gasteiger partial charge >= 0.3 is 19.5 Å². The molecule has 8 heteroatoms. The predicted octanol–water partition coefficient (Wildman–Crippen LogP) is 4.34. The molecule has 0 radical (unpaired) electrons. The lowest BCUT2D eigenvalue weighted by molar-refractivity contribution is -0.147. The van der Waals surface area contributed by atoms with Gasteiger partial charge in [0.15, 0.2) is 0 Å². The number of rotatable bonds is 14. The van der Waals surface area contributed by atoms with E-state index in [0.29, 0.717) is 6.42 Å². The summed E-state index contributed by atoms with van der Waals surface area (Å²) in [5.74, 6) is -1.30. The molecule has 0 aromatic carbocycles. The Hall–Kier alpha value is -1.43. The predicted molar refractivity (Wildman–Crippen MR) is 94.9 cm³/mol. The van der Waals surface area contributed by atoms with Crippen LogP contribution < -0.4 is 0 Å². The minimum absolute atomic E-state index is 0.145. The Kier molecular flexibility index (Phi) is 12.1. The average Bonchev–Trinajstić information content (AvgIpc) is 2.54. The second-order valence-electron chi connectivity index (χ2n) is 5.67. The highest BCUT2D eigenvalue weighted by atomic mass is 31.2. The number of carbonyl (C=O) groups is 2. The summed E-state index contributed by atoms with van der Waals surface area (Å²) in [5.41, 5.74) is 0.406. The van der Waals surface area contributed by atoms with Gasteiger partial charge in [0, 0.05) is 11.1 Å². The Bertz CT molecular complexity index is 477. The van der Waals surface area contributed by atoms with Gasteiger partial charge in [-0.15, -0.1) is 0 Å². The molecule has 0 spiro atoms. The number of hydrogen-bond acceptors (Lipinski definition) is 7. The van der Waals surface area contributed by atoms with E-state index in [9.17, 15) is 14.2 Å². The molecule has 0 heterocycles. The number of ether oxygens (including phenoxy) is 2. The highest BCUT2D eigenvalue weighted by Gasteiger charge is 2.26. The molecule has 7 nitrogen and oxygen atoms in total. The number of esters is 2. The highest BCUT2D eigenvalue weighted by Crippen LogP contribution is 2.49. The largest absolute Gasteiger partial charge is 0.435 e. The summed E-state index contributed by atoms with van der Waals surface area (Å²) in [7, 11) is -3.55. The van der Waals surface area contributed by atoms with Gasteiger partial charge in [0.25, 0.3) is 0 Å². The minimum Gasteiger partial charge on any atom is -0.435 e. The molecule has 0 aliphatic heterocycles. The molecule has 0 fully saturated rings. The van der Waals surface area contributed by atoms with Gasteiger partial charge in [-0.2, -0.15) is 0 Å². The molecule has 0 aromatic rings. The molecule has 0 aliphatic rings. The molecule has 0 aliphatic carbocycles. The Morgan fingerprint density at radius 3 is 1.68 bits per heavy atom. The molecule has 0 atom stereocenters. The van der Waals surface area contributed by atoms with Gasteiger partial charge in [-0.1, -0.05) is 45.8 Å². The van der Waals surface area contributed by atoms with Crippen molar-refractivity contribution >= 4 is 19.5 Å². The average molecular weight is 376 g/mol. The van der Waals surface area contributed by atoms with Crippen LogP contribution in [0.1, 0.15) is 52.9 Å². The molecule has 0 rings (SSSR count). The van der Waals surface area contributed by atoms with Crippen LogP contribution in [0.4, 0.5) is 0 Å². The standard InChI is InChI=1S/C17H29O7P/c1-6-7-8-9-10-11-25(20,23-12-21-16(18)14(2)3)24-13-22-17(19)15(4)5/h2,4,6-13H2,1,3,5H3. The SMILES string of the molecule is C=C(C)C(=O)OCOP(=O)(CCCCCCC)OCOC(=O)C(=C)C. The van der Waals surface area contributed by atoms with Crippen molar-refractivity contribution in [2.45, 2.75) is 52.9 Å². The molecule has 0 amide bonds. The Morgan fingerprint density at radius 1 is 0.840 bits per heavy atom. The van der Waals surface area contributed by atoms with Gasteiger partial charge < -0.3 is 9.47 Å². The minimum atomic E-state index is -3.55. The summed E-state index contributed by atoms with van der Waals surface area (Å²) in [6, 6.07) is 0. The van der Waals surface area contributed by atoms with Crippen LogP contribution >= 0.6 is 7.60 Å². The lowest BCUT2D eigenvalue weighted by Crippen LogP contribution is -2.12. The van der Waals surface area contributed by atoms with E-state index in [1.807, 2.05) is 0 Å². The van der Waals surface area contributed by atoms with Gasteiger partial charge in [0.2, 0.25) is 13.6 Å². The maximum atomic E-state index is 12.7. The first-order valence-electron chi connectivity index (χ1n) is 8.25. The van der Waals surface area contributed by atoms with Gasteiger partial charge in [-0.3, -0.25) is 13.6 Å². The van der Waals surface area contributed by atoms with E-state index < -0.39 is 33.1 Å². The Labute approximate surface area is 149 Å². The smallest absolute Gasteiger partial charge is 0.336 e. The fourth-order valence-electron chi connectivity index (χ4n) is 1.64. The molecule has 0 bridgehead atoms. The van der Waals surface area contributed by atoms with Crippen LogP contribution in [0.15, 0.2) is 24.3 Å². The molecule has 0 saturated heterocycles. The van der Waals surface area contributed by atoms with Crippen LogP contribution in [-0.4, -0.2) is 31.7 Å². The van der Waals surface area contributed by atoms with Crippen LogP contribution in [0.3, 0.4) is 0 Å². The van der Waals surface area contributed by atoms with Crippen molar-refractivity contribution in [2.75, 3.05) is 19.7 Å². The van der Waals surface area contributed by atoms with Gasteiger partial charge in [-0.25, -0.2) is 9.59 Å². The Morgan fingerprint density at radius 2 is 1.28 bits per heavy atom. The van der Waals surface area contributed by atoms with E-state index in [1.165, 1.54) is 13.8 Å². The van der Waals surface area contributed by atoms with Gasteiger partial charge in [0.05, 0.1) is 6.16 Å². The van der Waals surface area contributed by atoms with Crippen molar-refractivity contribution in [1.29, 1.82) is 0 Å². The van der Waals surface area contributed by atoms with E-state index in [-0.39, 0.29) is 17.3 Å². The zero-order valence-electron chi connectivity index (χ0n) is 15.4. The first kappa shape index (κ1) is 23.6. The molecule has 0 unspecified atom stereocenters. The monoisotopic (exact) mass is 376 g/mol. The van der Waals surface area contributed by atoms with Crippen molar-refractivity contribution in [3.8, 4) is 0 Å². The highest BCUT2D eigenvalue weighted by molar-refractivity contribution is 7.53. The normalized spacial score (nSPS) is 11.0. The second kappa shape index (κ2) is 12.9. The van der Waals surface area contributed by atoms with E-state index in [1.54, 1.807) is 0 Å². The molecule has 144 valence electrons. The molecular formula is C17H29O7P. The Balaban J connectivity index is 4.48. The summed E-state index contributed by atoms with van der Waals surface area (Å²) < 4.78 is 32.5. The number of carbonyl (C=O) groups excluding carboxylic acids is 2. The zero-order chi connectivity index (χ0) is 19.3. The molecule has 0 saturated carbocycles. The van der Waals surface area contributed by atoms with Crippen LogP contribution in [0.5, 0.6) is 0 Å². The summed E-state index contributed by atoms with van der Waals surface area (Å²) in [6.07, 6.45) is 4.86. The summed E-state index contributed by atoms with van der Waals surface area (Å²) in [5, 5.41) is 0. The summed E-state index contributed by atoms with van der Waals surface area (Å²) >= 11 is 0. The van der Waals surface area contributed by atoms with Crippen LogP contribution in [0.2, 0.25) is 0 Å². The maximum absolute atomic E-state index is 12.7. The van der Waals surface area contributed by atoms with E-state index in [0.717, 1.165) is 25.7 Å². The van der Waals surface area contributed by atoms with Crippen molar-refractivity contribution in [3.63, 3.8) is 0 Å². The number of hydrogen-bond donors (Lipinski definition) is 0. The van der Waals surface area contributed by atoms with Gasteiger partial charge in [0.1, 0.15) is 0 Å². The van der Waals surface area contributed by atoms with Crippen LogP contribution in [0.25, 0.3) is 0 Å². The molecular weight excluding hydrogens is 347 g/mol. The summed E-state index contributed by atoms with van der Waals surface area (Å²) in [4.78, 5) is 22.7. The van der Waals surface area contributed by atoms with E-state index in [2.05, 4.69) is 20.1 Å².